The average molecular weight is 483 g/mol. The van der Waals surface area contributed by atoms with Gasteiger partial charge in [-0.1, -0.05) is 19.4 Å². The third-order valence-electron chi connectivity index (χ3n) is 6.25. The van der Waals surface area contributed by atoms with Crippen LogP contribution in [0.15, 0.2) is 42.7 Å². The van der Waals surface area contributed by atoms with Gasteiger partial charge in [0.1, 0.15) is 0 Å². The fourth-order valence-corrected chi connectivity index (χ4v) is 4.52. The molecular formula is C27H38N4O4. The number of nitrogens with one attached hydrogen (secondary N) is 1. The van der Waals surface area contributed by atoms with Crippen LogP contribution in [-0.4, -0.2) is 53.4 Å². The Morgan fingerprint density at radius 3 is 2.69 bits per heavy atom. The molecule has 2 amide bonds. The second kappa shape index (κ2) is 11.6. The molecule has 2 N–H and O–H groups in total. The number of rotatable bonds is 9. The maximum Gasteiger partial charge on any atom is 0.419 e. The molecule has 35 heavy (non-hydrogen) atoms. The number of benzene rings is 1. The highest BCUT2D eigenvalue weighted by Crippen LogP contribution is 2.39. The third-order valence-corrected chi connectivity index (χ3v) is 6.25. The lowest BCUT2D eigenvalue weighted by Gasteiger charge is -2.40. The SMILES string of the molecule is CCCC(CNCCC(C)(C)O)c1ccc2c(c1)N(C(=O)Oc1cccnc1)CC(C)N2C(C)=O. The summed E-state index contributed by atoms with van der Waals surface area (Å²) in [5.74, 6) is 0.537. The third kappa shape index (κ3) is 7.02. The molecule has 3 rings (SSSR count). The van der Waals surface area contributed by atoms with Crippen molar-refractivity contribution in [2.45, 2.75) is 71.4 Å². The molecule has 0 fully saturated rings. The first kappa shape index (κ1) is 26.6. The van der Waals surface area contributed by atoms with Crippen LogP contribution in [0.2, 0.25) is 0 Å². The summed E-state index contributed by atoms with van der Waals surface area (Å²) in [4.78, 5) is 33.0. The van der Waals surface area contributed by atoms with Crippen molar-refractivity contribution in [2.24, 2.45) is 0 Å². The Morgan fingerprint density at radius 1 is 1.29 bits per heavy atom. The Labute approximate surface area is 208 Å². The number of fused-ring (bicyclic) bond motifs is 1. The molecule has 2 heterocycles. The topological polar surface area (TPSA) is 95.0 Å². The van der Waals surface area contributed by atoms with E-state index in [1.54, 1.807) is 35.1 Å². The van der Waals surface area contributed by atoms with E-state index in [4.69, 9.17) is 4.74 Å². The van der Waals surface area contributed by atoms with E-state index in [0.717, 1.165) is 24.9 Å². The molecule has 0 spiro atoms. The number of hydrogen-bond donors (Lipinski definition) is 2. The van der Waals surface area contributed by atoms with Gasteiger partial charge < -0.3 is 20.1 Å². The first-order valence-corrected chi connectivity index (χ1v) is 12.4. The Morgan fingerprint density at radius 2 is 2.06 bits per heavy atom. The summed E-state index contributed by atoms with van der Waals surface area (Å²) in [6, 6.07) is 9.21. The highest BCUT2D eigenvalue weighted by Gasteiger charge is 2.35. The fraction of sp³-hybridized carbons (Fsp3) is 0.519. The molecule has 0 aliphatic carbocycles. The zero-order valence-electron chi connectivity index (χ0n) is 21.5. The van der Waals surface area contributed by atoms with Gasteiger partial charge in [-0.3, -0.25) is 14.7 Å². The minimum absolute atomic E-state index is 0.0647. The Kier molecular flexibility index (Phi) is 8.86. The van der Waals surface area contributed by atoms with Crippen molar-refractivity contribution in [2.75, 3.05) is 29.4 Å². The molecule has 2 atom stereocenters. The van der Waals surface area contributed by atoms with E-state index in [0.29, 0.717) is 36.6 Å². The quantitative estimate of drug-likeness (QED) is 0.512. The van der Waals surface area contributed by atoms with E-state index in [1.807, 2.05) is 32.9 Å². The molecule has 190 valence electrons. The van der Waals surface area contributed by atoms with Gasteiger partial charge in [-0.25, -0.2) is 4.79 Å². The number of carbonyl (C=O) groups is 2. The first-order chi connectivity index (χ1) is 16.6. The smallest absolute Gasteiger partial charge is 0.408 e. The molecular weight excluding hydrogens is 444 g/mol. The minimum Gasteiger partial charge on any atom is -0.408 e. The van der Waals surface area contributed by atoms with Crippen molar-refractivity contribution in [3.63, 3.8) is 0 Å². The molecule has 0 bridgehead atoms. The maximum absolute atomic E-state index is 13.2. The van der Waals surface area contributed by atoms with Gasteiger partial charge in [-0.15, -0.1) is 0 Å². The van der Waals surface area contributed by atoms with Crippen LogP contribution >= 0.6 is 0 Å². The van der Waals surface area contributed by atoms with Gasteiger partial charge in [-0.05, 0) is 75.9 Å². The molecule has 1 aliphatic heterocycles. The van der Waals surface area contributed by atoms with E-state index in [9.17, 15) is 14.7 Å². The molecule has 0 radical (unpaired) electrons. The summed E-state index contributed by atoms with van der Waals surface area (Å²) in [6.45, 7) is 11.0. The average Bonchev–Trinajstić information content (AvgIpc) is 2.80. The van der Waals surface area contributed by atoms with Crippen LogP contribution in [0.4, 0.5) is 16.2 Å². The highest BCUT2D eigenvalue weighted by atomic mass is 16.6. The number of amides is 2. The number of hydrogen-bond acceptors (Lipinski definition) is 6. The lowest BCUT2D eigenvalue weighted by atomic mass is 9.92. The summed E-state index contributed by atoms with van der Waals surface area (Å²) in [6.07, 6.45) is 5.27. The maximum atomic E-state index is 13.2. The Balaban J connectivity index is 1.90. The van der Waals surface area contributed by atoms with Crippen LogP contribution in [0.3, 0.4) is 0 Å². The van der Waals surface area contributed by atoms with Crippen molar-refractivity contribution in [1.82, 2.24) is 10.3 Å². The van der Waals surface area contributed by atoms with Crippen molar-refractivity contribution < 1.29 is 19.4 Å². The van der Waals surface area contributed by atoms with E-state index >= 15 is 0 Å². The molecule has 0 saturated carbocycles. The minimum atomic E-state index is -0.707. The van der Waals surface area contributed by atoms with E-state index in [-0.39, 0.29) is 17.9 Å². The molecule has 8 nitrogen and oxygen atoms in total. The van der Waals surface area contributed by atoms with Gasteiger partial charge >= 0.3 is 6.09 Å². The molecule has 2 aromatic rings. The van der Waals surface area contributed by atoms with Crippen LogP contribution in [0.5, 0.6) is 5.75 Å². The lowest BCUT2D eigenvalue weighted by molar-refractivity contribution is -0.117. The van der Waals surface area contributed by atoms with E-state index in [2.05, 4.69) is 23.3 Å². The van der Waals surface area contributed by atoms with Gasteiger partial charge in [0, 0.05) is 26.2 Å². The Hall–Kier alpha value is -2.97. The van der Waals surface area contributed by atoms with Gasteiger partial charge in [0.05, 0.1) is 29.2 Å². The predicted molar refractivity (Wildman–Crippen MR) is 138 cm³/mol. The standard InChI is InChI=1S/C27H38N4O4/c1-6-8-22(16-29-14-12-27(4,5)34)21-10-11-24-25(15-21)30(18-19(2)31(24)20(3)32)26(33)35-23-9-7-13-28-17-23/h7,9-11,13,15,17,19,22,29,34H,6,8,12,14,16,18H2,1-5H3. The summed E-state index contributed by atoms with van der Waals surface area (Å²) in [7, 11) is 0. The molecule has 2 unspecified atom stereocenters. The van der Waals surface area contributed by atoms with E-state index in [1.165, 1.54) is 6.20 Å². The van der Waals surface area contributed by atoms with Crippen LogP contribution in [0, 0.1) is 0 Å². The van der Waals surface area contributed by atoms with Crippen molar-refractivity contribution >= 4 is 23.4 Å². The number of ether oxygens (including phenoxy) is 1. The summed E-state index contributed by atoms with van der Waals surface area (Å²) in [5, 5.41) is 13.5. The number of aliphatic hydroxyl groups is 1. The number of pyridine rings is 1. The summed E-state index contributed by atoms with van der Waals surface area (Å²) >= 11 is 0. The number of nitrogens with zero attached hydrogens (tertiary/aromatic N) is 3. The molecule has 0 saturated heterocycles. The Bertz CT molecular complexity index is 1010. The van der Waals surface area contributed by atoms with Gasteiger partial charge in [0.25, 0.3) is 0 Å². The van der Waals surface area contributed by atoms with Crippen molar-refractivity contribution in [3.05, 3.63) is 48.3 Å². The monoisotopic (exact) mass is 482 g/mol. The highest BCUT2D eigenvalue weighted by molar-refractivity contribution is 6.02. The number of anilines is 2. The second-order valence-corrected chi connectivity index (χ2v) is 9.91. The molecule has 1 aliphatic rings. The van der Waals surface area contributed by atoms with Gasteiger partial charge in [0.15, 0.2) is 5.75 Å². The van der Waals surface area contributed by atoms with E-state index < -0.39 is 11.7 Å². The van der Waals surface area contributed by atoms with Crippen LogP contribution < -0.4 is 19.9 Å². The lowest BCUT2D eigenvalue weighted by Crippen LogP contribution is -2.52. The summed E-state index contributed by atoms with van der Waals surface area (Å²) in [5.41, 5.74) is 1.76. The van der Waals surface area contributed by atoms with Crippen LogP contribution in [0.1, 0.15) is 65.4 Å². The molecule has 8 heteroatoms. The van der Waals surface area contributed by atoms with Crippen LogP contribution in [0.25, 0.3) is 0 Å². The zero-order chi connectivity index (χ0) is 25.6. The number of aromatic nitrogens is 1. The predicted octanol–water partition coefficient (Wildman–Crippen LogP) is 4.48. The molecule has 1 aromatic carbocycles. The van der Waals surface area contributed by atoms with Gasteiger partial charge in [-0.2, -0.15) is 0 Å². The first-order valence-electron chi connectivity index (χ1n) is 12.4. The molecule has 1 aromatic heterocycles. The van der Waals surface area contributed by atoms with Crippen molar-refractivity contribution in [3.8, 4) is 5.75 Å². The zero-order valence-corrected chi connectivity index (χ0v) is 21.5. The van der Waals surface area contributed by atoms with Crippen molar-refractivity contribution in [1.29, 1.82) is 0 Å². The van der Waals surface area contributed by atoms with Crippen LogP contribution in [-0.2, 0) is 4.79 Å². The normalized spacial score (nSPS) is 16.6. The largest absolute Gasteiger partial charge is 0.419 e. The van der Waals surface area contributed by atoms with Gasteiger partial charge in [0.2, 0.25) is 5.91 Å². The second-order valence-electron chi connectivity index (χ2n) is 9.91. The number of carbonyl (C=O) groups excluding carboxylic acids is 2. The fourth-order valence-electron chi connectivity index (χ4n) is 4.52. The summed E-state index contributed by atoms with van der Waals surface area (Å²) < 4.78 is 5.60.